The molecule has 1 aliphatic carbocycles. The van der Waals surface area contributed by atoms with Gasteiger partial charge in [-0.2, -0.15) is 0 Å². The first-order valence-corrected chi connectivity index (χ1v) is 8.72. The molecular formula is C18H21N5O2. The molecule has 1 saturated carbocycles. The molecule has 0 bridgehead atoms. The molecule has 25 heavy (non-hydrogen) atoms. The van der Waals surface area contributed by atoms with Crippen LogP contribution in [0, 0.1) is 10.1 Å². The Morgan fingerprint density at radius 2 is 1.96 bits per heavy atom. The van der Waals surface area contributed by atoms with Gasteiger partial charge in [0.05, 0.1) is 4.92 Å². The van der Waals surface area contributed by atoms with E-state index in [4.69, 9.17) is 4.98 Å². The average Bonchev–Trinajstić information content (AvgIpc) is 3.48. The van der Waals surface area contributed by atoms with Gasteiger partial charge in [-0.15, -0.1) is 0 Å². The first kappa shape index (κ1) is 16.0. The van der Waals surface area contributed by atoms with Crippen molar-refractivity contribution in [3.05, 3.63) is 58.0 Å². The van der Waals surface area contributed by atoms with E-state index < -0.39 is 0 Å². The van der Waals surface area contributed by atoms with Crippen LogP contribution in [0.15, 0.2) is 36.5 Å². The molecule has 0 radical (unpaired) electrons. The minimum Gasteiger partial charge on any atom is -0.354 e. The highest BCUT2D eigenvalue weighted by Crippen LogP contribution is 2.38. The summed E-state index contributed by atoms with van der Waals surface area (Å²) < 4.78 is 0. The maximum Gasteiger partial charge on any atom is 0.269 e. The number of nitro benzene ring substituents is 1. The lowest BCUT2D eigenvalue weighted by Gasteiger charge is -2.35. The molecule has 0 atom stereocenters. The number of hydrogen-bond acceptors (Lipinski definition) is 6. The van der Waals surface area contributed by atoms with Crippen molar-refractivity contribution < 1.29 is 4.92 Å². The van der Waals surface area contributed by atoms with Crippen LogP contribution in [-0.2, 0) is 6.54 Å². The third-order valence-corrected chi connectivity index (χ3v) is 4.83. The maximum atomic E-state index is 10.9. The molecule has 0 amide bonds. The topological polar surface area (TPSA) is 75.4 Å². The zero-order chi connectivity index (χ0) is 17.2. The number of piperazine rings is 1. The van der Waals surface area contributed by atoms with Crippen molar-refractivity contribution in [2.24, 2.45) is 0 Å². The van der Waals surface area contributed by atoms with E-state index in [1.807, 2.05) is 18.3 Å². The highest BCUT2D eigenvalue weighted by molar-refractivity contribution is 5.39. The summed E-state index contributed by atoms with van der Waals surface area (Å²) in [5, 5.41) is 10.9. The first-order chi connectivity index (χ1) is 12.2. The zero-order valence-electron chi connectivity index (χ0n) is 14.0. The van der Waals surface area contributed by atoms with Crippen LogP contribution >= 0.6 is 0 Å². The quantitative estimate of drug-likeness (QED) is 0.616. The second-order valence-corrected chi connectivity index (χ2v) is 6.74. The Labute approximate surface area is 146 Å². The Morgan fingerprint density at radius 1 is 1.16 bits per heavy atom. The van der Waals surface area contributed by atoms with Gasteiger partial charge in [0, 0.05) is 57.0 Å². The summed E-state index contributed by atoms with van der Waals surface area (Å²) in [4.78, 5) is 24.3. The Morgan fingerprint density at radius 3 is 2.68 bits per heavy atom. The number of hydrogen-bond donors (Lipinski definition) is 0. The van der Waals surface area contributed by atoms with E-state index in [-0.39, 0.29) is 10.6 Å². The van der Waals surface area contributed by atoms with Gasteiger partial charge in [0.25, 0.3) is 5.69 Å². The second kappa shape index (κ2) is 6.76. The molecule has 4 rings (SSSR count). The van der Waals surface area contributed by atoms with Crippen molar-refractivity contribution in [1.29, 1.82) is 0 Å². The van der Waals surface area contributed by atoms with Crippen LogP contribution in [0.25, 0.3) is 0 Å². The highest BCUT2D eigenvalue weighted by Gasteiger charge is 2.27. The zero-order valence-corrected chi connectivity index (χ0v) is 14.0. The maximum absolute atomic E-state index is 10.9. The van der Waals surface area contributed by atoms with Crippen molar-refractivity contribution in [2.45, 2.75) is 25.3 Å². The molecule has 0 N–H and O–H groups in total. The molecule has 1 aliphatic heterocycles. The lowest BCUT2D eigenvalue weighted by Crippen LogP contribution is -2.46. The molecule has 2 heterocycles. The van der Waals surface area contributed by atoms with Gasteiger partial charge in [-0.1, -0.05) is 12.1 Å². The summed E-state index contributed by atoms with van der Waals surface area (Å²) in [6.07, 6.45) is 4.28. The van der Waals surface area contributed by atoms with Crippen LogP contribution < -0.4 is 4.90 Å². The van der Waals surface area contributed by atoms with Crippen LogP contribution in [-0.4, -0.2) is 46.0 Å². The Kier molecular flexibility index (Phi) is 4.31. The SMILES string of the molecule is O=[N+]([O-])c1cccc(CN2CCN(c3ccnc(C4CC4)n3)CC2)c1. The van der Waals surface area contributed by atoms with Crippen LogP contribution in [0.5, 0.6) is 0 Å². The van der Waals surface area contributed by atoms with Crippen LogP contribution in [0.2, 0.25) is 0 Å². The molecule has 130 valence electrons. The van der Waals surface area contributed by atoms with E-state index in [9.17, 15) is 10.1 Å². The number of nitrogens with zero attached hydrogens (tertiary/aromatic N) is 5. The number of benzene rings is 1. The molecule has 7 heteroatoms. The molecule has 2 aliphatic rings. The largest absolute Gasteiger partial charge is 0.354 e. The summed E-state index contributed by atoms with van der Waals surface area (Å²) in [6, 6.07) is 8.89. The molecular weight excluding hydrogens is 318 g/mol. The van der Waals surface area contributed by atoms with Crippen molar-refractivity contribution in [1.82, 2.24) is 14.9 Å². The predicted octanol–water partition coefficient (Wildman–Crippen LogP) is 2.58. The van der Waals surface area contributed by atoms with Crippen LogP contribution in [0.4, 0.5) is 11.5 Å². The fourth-order valence-electron chi connectivity index (χ4n) is 3.24. The van der Waals surface area contributed by atoms with E-state index in [1.165, 1.54) is 18.9 Å². The summed E-state index contributed by atoms with van der Waals surface area (Å²) >= 11 is 0. The Bertz CT molecular complexity index is 770. The molecule has 0 unspecified atom stereocenters. The minimum absolute atomic E-state index is 0.157. The van der Waals surface area contributed by atoms with Crippen LogP contribution in [0.1, 0.15) is 30.1 Å². The summed E-state index contributed by atoms with van der Waals surface area (Å²) in [6.45, 7) is 4.41. The van der Waals surface area contributed by atoms with E-state index in [0.717, 1.165) is 49.9 Å². The van der Waals surface area contributed by atoms with Gasteiger partial charge in [0.15, 0.2) is 0 Å². The number of aromatic nitrogens is 2. The lowest BCUT2D eigenvalue weighted by molar-refractivity contribution is -0.384. The monoisotopic (exact) mass is 339 g/mol. The number of anilines is 1. The fourth-order valence-corrected chi connectivity index (χ4v) is 3.24. The van der Waals surface area contributed by atoms with Gasteiger partial charge in [-0.3, -0.25) is 15.0 Å². The van der Waals surface area contributed by atoms with E-state index in [2.05, 4.69) is 14.8 Å². The fraction of sp³-hybridized carbons (Fsp3) is 0.444. The smallest absolute Gasteiger partial charge is 0.269 e. The van der Waals surface area contributed by atoms with Gasteiger partial charge in [-0.25, -0.2) is 9.97 Å². The summed E-state index contributed by atoms with van der Waals surface area (Å²) in [5.41, 5.74) is 1.14. The number of nitro groups is 1. The number of rotatable bonds is 5. The minimum atomic E-state index is -0.339. The molecule has 1 aromatic heterocycles. The Hall–Kier alpha value is -2.54. The second-order valence-electron chi connectivity index (χ2n) is 6.74. The standard InChI is InChI=1S/C18H21N5O2/c24-23(25)16-3-1-2-14(12-16)13-21-8-10-22(11-9-21)17-6-7-19-18(20-17)15-4-5-15/h1-3,6-7,12,15H,4-5,8-11,13H2. The van der Waals surface area contributed by atoms with E-state index in [1.54, 1.807) is 12.1 Å². The van der Waals surface area contributed by atoms with Crippen molar-refractivity contribution >= 4 is 11.5 Å². The molecule has 7 nitrogen and oxygen atoms in total. The summed E-state index contributed by atoms with van der Waals surface area (Å²) in [5.74, 6) is 2.57. The van der Waals surface area contributed by atoms with Gasteiger partial charge in [0.2, 0.25) is 0 Å². The summed E-state index contributed by atoms with van der Waals surface area (Å²) in [7, 11) is 0. The lowest BCUT2D eigenvalue weighted by atomic mass is 10.1. The van der Waals surface area contributed by atoms with E-state index in [0.29, 0.717) is 5.92 Å². The highest BCUT2D eigenvalue weighted by atomic mass is 16.6. The molecule has 1 aromatic carbocycles. The van der Waals surface area contributed by atoms with Gasteiger partial charge >= 0.3 is 0 Å². The van der Waals surface area contributed by atoms with Crippen LogP contribution in [0.3, 0.4) is 0 Å². The van der Waals surface area contributed by atoms with E-state index >= 15 is 0 Å². The predicted molar refractivity (Wildman–Crippen MR) is 94.6 cm³/mol. The van der Waals surface area contributed by atoms with Gasteiger partial charge in [0.1, 0.15) is 11.6 Å². The van der Waals surface area contributed by atoms with Crippen molar-refractivity contribution in [3.8, 4) is 0 Å². The van der Waals surface area contributed by atoms with Crippen molar-refractivity contribution in [2.75, 3.05) is 31.1 Å². The van der Waals surface area contributed by atoms with Gasteiger partial charge in [-0.05, 0) is 24.5 Å². The molecule has 2 aromatic rings. The molecule has 2 fully saturated rings. The normalized spacial score (nSPS) is 18.3. The Balaban J connectivity index is 1.36. The average molecular weight is 339 g/mol. The third kappa shape index (κ3) is 3.76. The number of non-ortho nitro benzene ring substituents is 1. The third-order valence-electron chi connectivity index (χ3n) is 4.83. The molecule has 0 spiro atoms. The first-order valence-electron chi connectivity index (χ1n) is 8.72. The molecule has 1 saturated heterocycles. The van der Waals surface area contributed by atoms with Crippen molar-refractivity contribution in [3.63, 3.8) is 0 Å². The van der Waals surface area contributed by atoms with Gasteiger partial charge < -0.3 is 4.90 Å².